The molecule has 0 radical (unpaired) electrons. The van der Waals surface area contributed by atoms with Gasteiger partial charge >= 0.3 is 6.18 Å². The van der Waals surface area contributed by atoms with Crippen LogP contribution in [0, 0.1) is 11.8 Å². The highest BCUT2D eigenvalue weighted by Gasteiger charge is 2.34. The van der Waals surface area contributed by atoms with Gasteiger partial charge in [0.2, 0.25) is 0 Å². The van der Waals surface area contributed by atoms with Gasteiger partial charge in [-0.2, -0.15) is 13.2 Å². The molecule has 2 rings (SSSR count). The summed E-state index contributed by atoms with van der Waals surface area (Å²) in [7, 11) is 0. The van der Waals surface area contributed by atoms with E-state index in [1.807, 2.05) is 0 Å². The van der Waals surface area contributed by atoms with Crippen molar-refractivity contribution in [2.75, 3.05) is 13.1 Å². The van der Waals surface area contributed by atoms with Gasteiger partial charge in [0.15, 0.2) is 0 Å². The smallest absolute Gasteiger partial charge is 0.316 e. The Labute approximate surface area is 105 Å². The predicted octanol–water partition coefficient (Wildman–Crippen LogP) is 2.89. The first-order valence-corrected chi connectivity index (χ1v) is 6.19. The topological polar surface area (TPSA) is 24.9 Å². The molecule has 2 atom stereocenters. The SMILES string of the molecule is CC1CCNCC1Cc1cnccc1C(F)(F)F. The van der Waals surface area contributed by atoms with Crippen LogP contribution in [0.1, 0.15) is 24.5 Å². The molecule has 1 aliphatic heterocycles. The first kappa shape index (κ1) is 13.3. The van der Waals surface area contributed by atoms with Gasteiger partial charge in [0.1, 0.15) is 0 Å². The molecule has 0 spiro atoms. The molecule has 1 fully saturated rings. The molecule has 1 aromatic rings. The van der Waals surface area contributed by atoms with Gasteiger partial charge in [0, 0.05) is 12.4 Å². The van der Waals surface area contributed by atoms with Crippen LogP contribution in [0.25, 0.3) is 0 Å². The first-order chi connectivity index (χ1) is 8.48. The summed E-state index contributed by atoms with van der Waals surface area (Å²) in [6.07, 6.45) is -0.272. The van der Waals surface area contributed by atoms with Crippen LogP contribution in [-0.4, -0.2) is 18.1 Å². The molecular formula is C13H17F3N2. The van der Waals surface area contributed by atoms with Crippen LogP contribution in [0.3, 0.4) is 0 Å². The molecule has 1 saturated heterocycles. The Balaban J connectivity index is 2.18. The van der Waals surface area contributed by atoms with Gasteiger partial charge in [0.05, 0.1) is 5.56 Å². The number of piperidine rings is 1. The molecule has 2 heterocycles. The largest absolute Gasteiger partial charge is 0.416 e. The minimum Gasteiger partial charge on any atom is -0.316 e. The number of alkyl halides is 3. The van der Waals surface area contributed by atoms with E-state index >= 15 is 0 Å². The Hall–Kier alpha value is -1.10. The lowest BCUT2D eigenvalue weighted by atomic mass is 9.83. The third kappa shape index (κ3) is 3.02. The highest BCUT2D eigenvalue weighted by atomic mass is 19.4. The third-order valence-electron chi connectivity index (χ3n) is 3.68. The maximum absolute atomic E-state index is 12.9. The Bertz CT molecular complexity index is 403. The summed E-state index contributed by atoms with van der Waals surface area (Å²) in [5, 5.41) is 3.24. The summed E-state index contributed by atoms with van der Waals surface area (Å²) in [4.78, 5) is 3.83. The summed E-state index contributed by atoms with van der Waals surface area (Å²) in [5.41, 5.74) is -0.235. The van der Waals surface area contributed by atoms with E-state index in [4.69, 9.17) is 0 Å². The molecule has 1 aromatic heterocycles. The van der Waals surface area contributed by atoms with E-state index in [1.165, 1.54) is 12.4 Å². The van der Waals surface area contributed by atoms with E-state index in [9.17, 15) is 13.2 Å². The maximum atomic E-state index is 12.9. The van der Waals surface area contributed by atoms with Crippen molar-refractivity contribution >= 4 is 0 Å². The number of nitrogens with zero attached hydrogens (tertiary/aromatic N) is 1. The van der Waals surface area contributed by atoms with Gasteiger partial charge in [-0.05, 0) is 49.4 Å². The Morgan fingerprint density at radius 1 is 1.44 bits per heavy atom. The average molecular weight is 258 g/mol. The minimum absolute atomic E-state index is 0.254. The van der Waals surface area contributed by atoms with Crippen molar-refractivity contribution in [3.05, 3.63) is 29.6 Å². The molecule has 0 aromatic carbocycles. The van der Waals surface area contributed by atoms with Crippen LogP contribution >= 0.6 is 0 Å². The van der Waals surface area contributed by atoms with Crippen molar-refractivity contribution in [2.24, 2.45) is 11.8 Å². The molecule has 2 nitrogen and oxygen atoms in total. The van der Waals surface area contributed by atoms with Crippen LogP contribution in [0.4, 0.5) is 13.2 Å². The Morgan fingerprint density at radius 3 is 2.89 bits per heavy atom. The molecule has 0 saturated carbocycles. The van der Waals surface area contributed by atoms with E-state index < -0.39 is 11.7 Å². The quantitative estimate of drug-likeness (QED) is 0.882. The monoisotopic (exact) mass is 258 g/mol. The van der Waals surface area contributed by atoms with Gasteiger partial charge in [-0.3, -0.25) is 4.98 Å². The molecule has 0 bridgehead atoms. The molecule has 1 aliphatic rings. The van der Waals surface area contributed by atoms with Crippen molar-refractivity contribution in [1.82, 2.24) is 10.3 Å². The molecule has 5 heteroatoms. The summed E-state index contributed by atoms with van der Waals surface area (Å²) in [6.45, 7) is 3.85. The number of pyridine rings is 1. The highest BCUT2D eigenvalue weighted by Crippen LogP contribution is 2.33. The second-order valence-electron chi connectivity index (χ2n) is 4.96. The van der Waals surface area contributed by atoms with Crippen LogP contribution in [0.5, 0.6) is 0 Å². The second kappa shape index (κ2) is 5.26. The molecular weight excluding hydrogens is 241 g/mol. The third-order valence-corrected chi connectivity index (χ3v) is 3.68. The predicted molar refractivity (Wildman–Crippen MR) is 63.1 cm³/mol. The summed E-state index contributed by atoms with van der Waals surface area (Å²) >= 11 is 0. The number of rotatable bonds is 2. The molecule has 0 amide bonds. The van der Waals surface area contributed by atoms with Gasteiger partial charge in [-0.25, -0.2) is 0 Å². The normalized spacial score (nSPS) is 25.1. The number of hydrogen-bond acceptors (Lipinski definition) is 2. The van der Waals surface area contributed by atoms with E-state index in [1.54, 1.807) is 0 Å². The van der Waals surface area contributed by atoms with Gasteiger partial charge in [-0.1, -0.05) is 6.92 Å². The highest BCUT2D eigenvalue weighted by molar-refractivity contribution is 5.26. The first-order valence-electron chi connectivity index (χ1n) is 6.19. The van der Waals surface area contributed by atoms with Crippen LogP contribution < -0.4 is 5.32 Å². The summed E-state index contributed by atoms with van der Waals surface area (Å²) in [5.74, 6) is 0.705. The zero-order chi connectivity index (χ0) is 13.2. The second-order valence-corrected chi connectivity index (χ2v) is 4.96. The minimum atomic E-state index is -4.29. The molecule has 100 valence electrons. The van der Waals surface area contributed by atoms with E-state index in [2.05, 4.69) is 17.2 Å². The van der Waals surface area contributed by atoms with Gasteiger partial charge in [-0.15, -0.1) is 0 Å². The van der Waals surface area contributed by atoms with Gasteiger partial charge < -0.3 is 5.32 Å². The van der Waals surface area contributed by atoms with Crippen molar-refractivity contribution in [3.8, 4) is 0 Å². The summed E-state index contributed by atoms with van der Waals surface area (Å²) < 4.78 is 38.6. The van der Waals surface area contributed by atoms with Crippen LogP contribution in [0.15, 0.2) is 18.5 Å². The lowest BCUT2D eigenvalue weighted by Gasteiger charge is -2.30. The lowest BCUT2D eigenvalue weighted by molar-refractivity contribution is -0.138. The standard InChI is InChI=1S/C13H17F3N2/c1-9-2-4-17-7-10(9)6-11-8-18-5-3-12(11)13(14,15)16/h3,5,8-10,17H,2,4,6-7H2,1H3. The van der Waals surface area contributed by atoms with E-state index in [0.717, 1.165) is 25.6 Å². The molecule has 1 N–H and O–H groups in total. The van der Waals surface area contributed by atoms with E-state index in [0.29, 0.717) is 17.9 Å². The van der Waals surface area contributed by atoms with Crippen molar-refractivity contribution in [3.63, 3.8) is 0 Å². The molecule has 2 unspecified atom stereocenters. The lowest BCUT2D eigenvalue weighted by Crippen LogP contribution is -2.36. The van der Waals surface area contributed by atoms with Gasteiger partial charge in [0.25, 0.3) is 0 Å². The van der Waals surface area contributed by atoms with E-state index in [-0.39, 0.29) is 5.92 Å². The van der Waals surface area contributed by atoms with Crippen molar-refractivity contribution < 1.29 is 13.2 Å². The molecule has 18 heavy (non-hydrogen) atoms. The summed E-state index contributed by atoms with van der Waals surface area (Å²) in [6, 6.07) is 1.07. The number of halogens is 3. The van der Waals surface area contributed by atoms with Crippen LogP contribution in [-0.2, 0) is 12.6 Å². The zero-order valence-corrected chi connectivity index (χ0v) is 10.3. The number of hydrogen-bond donors (Lipinski definition) is 1. The Morgan fingerprint density at radius 2 is 2.22 bits per heavy atom. The van der Waals surface area contributed by atoms with Crippen molar-refractivity contribution in [2.45, 2.75) is 25.9 Å². The fourth-order valence-electron chi connectivity index (χ4n) is 2.48. The fourth-order valence-corrected chi connectivity index (χ4v) is 2.48. The number of nitrogens with one attached hydrogen (secondary N) is 1. The number of aromatic nitrogens is 1. The maximum Gasteiger partial charge on any atom is 0.416 e. The average Bonchev–Trinajstić information content (AvgIpc) is 2.31. The Kier molecular flexibility index (Phi) is 3.90. The fraction of sp³-hybridized carbons (Fsp3) is 0.615. The zero-order valence-electron chi connectivity index (χ0n) is 10.3. The van der Waals surface area contributed by atoms with Crippen LogP contribution in [0.2, 0.25) is 0 Å². The van der Waals surface area contributed by atoms with Crippen molar-refractivity contribution in [1.29, 1.82) is 0 Å². The molecule has 0 aliphatic carbocycles.